The largest absolute Gasteiger partial charge is 0.494 e. The summed E-state index contributed by atoms with van der Waals surface area (Å²) in [5, 5.41) is 168. The highest BCUT2D eigenvalue weighted by atomic mass is 16.8. The molecule has 6 aliphatic heterocycles. The number of aliphatic hydroxyl groups is 14. The van der Waals surface area contributed by atoms with Crippen molar-refractivity contribution in [3.05, 3.63) is 29.8 Å². The lowest BCUT2D eigenvalue weighted by Crippen LogP contribution is -2.72. The van der Waals surface area contributed by atoms with Gasteiger partial charge in [-0.05, 0) is 31.5 Å². The summed E-state index contributed by atoms with van der Waals surface area (Å²) in [5.41, 5.74) is 0.0594. The van der Waals surface area contributed by atoms with Crippen molar-refractivity contribution in [2.45, 2.75) is 283 Å². The second-order valence-electron chi connectivity index (χ2n) is 25.4. The highest BCUT2D eigenvalue weighted by Gasteiger charge is 2.58. The van der Waals surface area contributed by atoms with E-state index in [9.17, 15) is 95.5 Å². The monoisotopic (exact) mass is 1410 g/mol. The highest BCUT2D eigenvalue weighted by Crippen LogP contribution is 2.37. The fourth-order valence-corrected chi connectivity index (χ4v) is 12.7. The Hall–Kier alpha value is -4.63. The van der Waals surface area contributed by atoms with Crippen LogP contribution in [0.2, 0.25) is 0 Å². The van der Waals surface area contributed by atoms with Gasteiger partial charge in [0.15, 0.2) is 37.7 Å². The molecule has 15 unspecified atom stereocenters. The maximum atomic E-state index is 14.0. The van der Waals surface area contributed by atoms with Gasteiger partial charge in [-0.2, -0.15) is 0 Å². The van der Waals surface area contributed by atoms with Gasteiger partial charge >= 0.3 is 0 Å². The molecule has 0 radical (unpaired) electrons. The second kappa shape index (κ2) is 38.0. The minimum Gasteiger partial charge on any atom is -0.494 e. The summed E-state index contributed by atoms with van der Waals surface area (Å²) in [4.78, 5) is 65.0. The van der Waals surface area contributed by atoms with Gasteiger partial charge < -0.3 is 155 Å². The van der Waals surface area contributed by atoms with Crippen molar-refractivity contribution in [1.82, 2.24) is 26.6 Å². The van der Waals surface area contributed by atoms with Crippen LogP contribution in [-0.2, 0) is 71.3 Å². The summed E-state index contributed by atoms with van der Waals surface area (Å²) in [6.07, 6.45) is -34.9. The van der Waals surface area contributed by atoms with Crippen molar-refractivity contribution in [3.8, 4) is 5.75 Å². The Morgan fingerprint density at radius 1 is 0.418 bits per heavy atom. The van der Waals surface area contributed by atoms with Gasteiger partial charge in [0.1, 0.15) is 146 Å². The van der Waals surface area contributed by atoms with Gasteiger partial charge in [0.25, 0.3) is 5.91 Å². The number of carbonyl (C=O) groups is 5. The number of hydrogen-bond acceptors (Lipinski definition) is 31. The molecule has 7 rings (SSSR count). The molecular weight excluding hydrogens is 1310 g/mol. The van der Waals surface area contributed by atoms with E-state index in [2.05, 4.69) is 33.5 Å². The molecule has 1 aromatic carbocycles. The van der Waals surface area contributed by atoms with Crippen molar-refractivity contribution in [3.63, 3.8) is 0 Å². The first-order chi connectivity index (χ1) is 46.7. The third-order valence-electron chi connectivity index (χ3n) is 17.9. The maximum absolute atomic E-state index is 14.0. The summed E-state index contributed by atoms with van der Waals surface area (Å²) in [5.74, 6) is -3.68. The summed E-state index contributed by atoms with van der Waals surface area (Å²) in [6, 6.07) is -2.45. The molecule has 0 spiro atoms. The van der Waals surface area contributed by atoms with Crippen molar-refractivity contribution >= 4 is 29.5 Å². The molecule has 0 bridgehead atoms. The predicted molar refractivity (Wildman–Crippen MR) is 329 cm³/mol. The van der Waals surface area contributed by atoms with Crippen LogP contribution in [0.15, 0.2) is 24.3 Å². The minimum atomic E-state index is -2.07. The molecule has 98 heavy (non-hydrogen) atoms. The van der Waals surface area contributed by atoms with E-state index >= 15 is 0 Å². The molecule has 0 aromatic heterocycles. The summed E-state index contributed by atoms with van der Waals surface area (Å²) < 4.78 is 72.0. The lowest BCUT2D eigenvalue weighted by atomic mass is 9.93. The number of hydrogen-bond donors (Lipinski definition) is 19. The van der Waals surface area contributed by atoms with E-state index in [4.69, 9.17) is 56.8 Å². The molecule has 0 aliphatic carbocycles. The number of carbonyl (C=O) groups excluding carboxylic acids is 5. The van der Waals surface area contributed by atoms with E-state index in [1.54, 1.807) is 12.1 Å². The highest BCUT2D eigenvalue weighted by molar-refractivity contribution is 5.94. The first kappa shape index (κ1) is 80.7. The van der Waals surface area contributed by atoms with Crippen molar-refractivity contribution in [2.24, 2.45) is 0 Å². The predicted octanol–water partition coefficient (Wildman–Crippen LogP) is -7.15. The molecule has 560 valence electrons. The zero-order valence-corrected chi connectivity index (χ0v) is 55.4. The molecule has 36 heteroatoms. The van der Waals surface area contributed by atoms with Gasteiger partial charge in [0, 0.05) is 33.3 Å². The van der Waals surface area contributed by atoms with Crippen LogP contribution in [0.3, 0.4) is 0 Å². The van der Waals surface area contributed by atoms with Crippen molar-refractivity contribution in [1.29, 1.82) is 0 Å². The summed E-state index contributed by atoms with van der Waals surface area (Å²) in [7, 11) is 0. The SMILES string of the molecule is CCCCCCCCCCCOc1cccc(C(=O)N[C@@H]2C(O[C@H]3C(O)C(NC(C)=O)C(OC4C(CO)OC(O[C@H]5C(O)C(NC(C)=O)C(OC6C(CO[C@@H]7OC(C)C(O)[C@H](O)[C@H]7O)O[C@@H](O)[C@@H](NC(C)=O)[C@H]6O)O[C@H]5CO)[C@@H](NC(C)=O)[C@H]4O)O[C@H]3CO)OC(CO)[C@@H](O)[C@@H]2O)c1. The molecule has 6 saturated heterocycles. The molecule has 6 fully saturated rings. The third kappa shape index (κ3) is 20.6. The Bertz CT molecular complexity index is 2660. The fourth-order valence-electron chi connectivity index (χ4n) is 12.7. The first-order valence-electron chi connectivity index (χ1n) is 33.2. The Morgan fingerprint density at radius 3 is 1.26 bits per heavy atom. The Labute approximate surface area is 565 Å². The van der Waals surface area contributed by atoms with E-state index in [1.165, 1.54) is 51.2 Å². The smallest absolute Gasteiger partial charge is 0.251 e. The number of nitrogens with one attached hydrogen (secondary N) is 5. The van der Waals surface area contributed by atoms with E-state index in [-0.39, 0.29) is 5.56 Å². The summed E-state index contributed by atoms with van der Waals surface area (Å²) >= 11 is 0. The van der Waals surface area contributed by atoms with Crippen LogP contribution in [0, 0.1) is 0 Å². The van der Waals surface area contributed by atoms with Crippen LogP contribution in [0.1, 0.15) is 110 Å². The first-order valence-corrected chi connectivity index (χ1v) is 33.2. The van der Waals surface area contributed by atoms with E-state index in [0.29, 0.717) is 12.4 Å². The Balaban J connectivity index is 1.07. The summed E-state index contributed by atoms with van der Waals surface area (Å²) in [6.45, 7) is 3.38. The molecule has 0 saturated carbocycles. The molecule has 6 heterocycles. The van der Waals surface area contributed by atoms with Crippen LogP contribution in [0.5, 0.6) is 5.75 Å². The quantitative estimate of drug-likeness (QED) is 0.0298. The molecule has 30 atom stereocenters. The minimum absolute atomic E-state index is 0.0594. The second-order valence-corrected chi connectivity index (χ2v) is 25.4. The number of benzene rings is 1. The molecule has 6 aliphatic rings. The van der Waals surface area contributed by atoms with Gasteiger partial charge in [0.2, 0.25) is 23.6 Å². The topological polar surface area (TPSA) is 539 Å². The van der Waals surface area contributed by atoms with Crippen LogP contribution in [-0.4, -0.2) is 325 Å². The van der Waals surface area contributed by atoms with Crippen molar-refractivity contribution < 1.29 is 152 Å². The van der Waals surface area contributed by atoms with E-state index in [1.807, 2.05) is 0 Å². The van der Waals surface area contributed by atoms with Gasteiger partial charge in [-0.1, -0.05) is 64.4 Å². The van der Waals surface area contributed by atoms with Crippen LogP contribution >= 0.6 is 0 Å². The molecular formula is C62H101N5O31. The average Bonchev–Trinajstić information content (AvgIpc) is 0.772. The molecule has 19 N–H and O–H groups in total. The zero-order valence-electron chi connectivity index (χ0n) is 55.4. The Kier molecular flexibility index (Phi) is 31.3. The van der Waals surface area contributed by atoms with Crippen LogP contribution in [0.4, 0.5) is 0 Å². The molecule has 36 nitrogen and oxygen atoms in total. The van der Waals surface area contributed by atoms with Crippen LogP contribution < -0.4 is 31.3 Å². The van der Waals surface area contributed by atoms with E-state index < -0.39 is 246 Å². The average molecular weight is 1410 g/mol. The maximum Gasteiger partial charge on any atom is 0.251 e. The molecule has 1 aromatic rings. The van der Waals surface area contributed by atoms with Crippen molar-refractivity contribution in [2.75, 3.05) is 39.6 Å². The Morgan fingerprint density at radius 2 is 0.816 bits per heavy atom. The lowest BCUT2D eigenvalue weighted by molar-refractivity contribution is -0.368. The number of aliphatic hydroxyl groups excluding tert-OH is 14. The number of amides is 5. The fraction of sp³-hybridized carbons (Fsp3) is 0.823. The van der Waals surface area contributed by atoms with Gasteiger partial charge in [0.05, 0.1) is 45.7 Å². The van der Waals surface area contributed by atoms with Gasteiger partial charge in [-0.3, -0.25) is 24.0 Å². The lowest BCUT2D eigenvalue weighted by Gasteiger charge is -2.51. The number of unbranched alkanes of at least 4 members (excludes halogenated alkanes) is 8. The zero-order chi connectivity index (χ0) is 71.8. The van der Waals surface area contributed by atoms with Gasteiger partial charge in [-0.25, -0.2) is 0 Å². The third-order valence-corrected chi connectivity index (χ3v) is 17.9. The molecule has 5 amide bonds. The van der Waals surface area contributed by atoms with Gasteiger partial charge in [-0.15, -0.1) is 0 Å². The number of ether oxygens (including phenoxy) is 12. The van der Waals surface area contributed by atoms with Crippen LogP contribution in [0.25, 0.3) is 0 Å². The number of rotatable bonds is 32. The van der Waals surface area contributed by atoms with E-state index in [0.717, 1.165) is 53.4 Å². The standard InChI is InChI=1S/C62H101N5O31/c1-7-8-9-10-11-12-13-14-15-19-87-32-18-16-17-31(20-32)56(85)67-39-45(78)44(77)33(21-68)91-58(39)95-52-34(22-69)92-59(40(47(52)80)64-28(4)73)96-53-35(23-70)93-60(41(48(53)81)65-29(5)74)97-54-36(24-71)94-61(42(49(54)82)66-30(6)75)98-55-37(90-57(86)38(46(55)79)63-27(3)72)25-88-62-51(84)50(83)43(76)26(2)89-62/h16-18,20,26,33-55,57-62,68-71,76-84,86H,7-15,19,21-25H2,1-6H3,(H,63,72)(H,64,73)(H,65,74)(H,66,75)(H,67,85)/t26?,33?,34-,35?,36-,37?,38-,39-,40?,41-,42?,43?,44+,45+,46+,47?,48+,49?,50-,51+,52+,53?,54+,55?,57+,58?,59?,60?,61?,62+/m0/s1. The normalized spacial score (nSPS) is 39.8.